The number of carbonyl (C=O) groups excluding carboxylic acids is 9. The lowest BCUT2D eigenvalue weighted by Crippen LogP contribution is -2.54. The van der Waals surface area contributed by atoms with E-state index in [9.17, 15) is 53.3 Å². The first-order valence-corrected chi connectivity index (χ1v) is 21.8. The second kappa shape index (κ2) is 23.6. The maximum absolute atomic E-state index is 14.1. The second-order valence-corrected chi connectivity index (χ2v) is 18.0. The third kappa shape index (κ3) is 16.4. The van der Waals surface area contributed by atoms with Gasteiger partial charge in [-0.05, 0) is 108 Å². The lowest BCUT2D eigenvalue weighted by molar-refractivity contribution is -0.384. The Bertz CT molecular complexity index is 2490. The van der Waals surface area contributed by atoms with Crippen molar-refractivity contribution in [2.45, 2.75) is 98.1 Å². The van der Waals surface area contributed by atoms with E-state index in [-0.39, 0.29) is 60.1 Å². The Labute approximate surface area is 402 Å². The number of amides is 8. The van der Waals surface area contributed by atoms with Crippen molar-refractivity contribution in [3.05, 3.63) is 100 Å². The average Bonchev–Trinajstić information content (AvgIpc) is 3.60. The van der Waals surface area contributed by atoms with Crippen LogP contribution in [-0.4, -0.2) is 95.1 Å². The van der Waals surface area contributed by atoms with Gasteiger partial charge in [-0.25, -0.2) is 19.3 Å². The molecule has 4 rings (SSSR count). The van der Waals surface area contributed by atoms with Gasteiger partial charge in [0.2, 0.25) is 11.8 Å². The van der Waals surface area contributed by atoms with Crippen LogP contribution >= 0.6 is 0 Å². The van der Waals surface area contributed by atoms with Crippen LogP contribution in [-0.2, 0) is 44.8 Å². The fourth-order valence-corrected chi connectivity index (χ4v) is 6.40. The molecule has 0 radical (unpaired) electrons. The Kier molecular flexibility index (Phi) is 18.3. The molecule has 0 bridgehead atoms. The predicted molar refractivity (Wildman–Crippen MR) is 251 cm³/mol. The van der Waals surface area contributed by atoms with Crippen molar-refractivity contribution in [3.63, 3.8) is 0 Å². The van der Waals surface area contributed by atoms with Crippen molar-refractivity contribution in [1.82, 2.24) is 16.0 Å². The summed E-state index contributed by atoms with van der Waals surface area (Å²) in [5.74, 6) is -5.32. The Morgan fingerprint density at radius 2 is 1.43 bits per heavy atom. The third-order valence-electron chi connectivity index (χ3n) is 9.56. The topological polar surface area (TPSA) is 314 Å². The SMILES string of the molecule is CC(C)[C@@H](NC(=O)c1ccc(N2C(=O)C=CC2=O)c(N(CC(=O)OC(C)(C)C)C(=O)OC(C)(C)C)c1)C(=O)N[C@H](CCCNC(N)=O)C(=O)Nc1ccc(COC(=O)Oc2ccc([N+](=O)[O-])cc2)cc1. The number of benzene rings is 3. The zero-order valence-electron chi connectivity index (χ0n) is 39.8. The highest BCUT2D eigenvalue weighted by molar-refractivity contribution is 6.29. The summed E-state index contributed by atoms with van der Waals surface area (Å²) in [7, 11) is 0. The van der Waals surface area contributed by atoms with Crippen molar-refractivity contribution >= 4 is 76.5 Å². The molecule has 8 amide bonds. The second-order valence-electron chi connectivity index (χ2n) is 18.0. The Balaban J connectivity index is 1.55. The standard InChI is InChI=1S/C47H56N8O15/c1-27(2)39(52-40(59)29-13-20-34(54-36(56)21-22-37(54)57)35(24-29)53(44(63)70-47(6,7)8)25-38(58)69-46(3,4)5)42(61)51-33(10-9-23-49-43(48)62)41(60)50-30-14-11-28(12-15-30)26-67-45(64)68-32-18-16-31(17-19-32)55(65)66/h11-22,24,27,33,39H,9-10,23,25-26H2,1-8H3,(H,50,60)(H,51,61)(H,52,59)(H3,48,49,62)/t33-,39-/m1/s1. The number of urea groups is 1. The van der Waals surface area contributed by atoms with E-state index in [0.717, 1.165) is 40.2 Å². The van der Waals surface area contributed by atoms with Gasteiger partial charge in [0.15, 0.2) is 0 Å². The molecule has 0 saturated carbocycles. The number of rotatable bonds is 19. The molecule has 3 aromatic carbocycles. The fraction of sp³-hybridized carbons (Fsp3) is 0.383. The Morgan fingerprint density at radius 1 is 0.814 bits per heavy atom. The molecule has 0 unspecified atom stereocenters. The van der Waals surface area contributed by atoms with Crippen molar-refractivity contribution in [1.29, 1.82) is 0 Å². The van der Waals surface area contributed by atoms with Crippen molar-refractivity contribution in [2.24, 2.45) is 11.7 Å². The number of ether oxygens (including phenoxy) is 4. The molecular formula is C47H56N8O15. The lowest BCUT2D eigenvalue weighted by Gasteiger charge is -2.31. The zero-order chi connectivity index (χ0) is 52.1. The molecule has 1 heterocycles. The van der Waals surface area contributed by atoms with E-state index >= 15 is 0 Å². The quantitative estimate of drug-likeness (QED) is 0.0197. The largest absolute Gasteiger partial charge is 0.514 e. The summed E-state index contributed by atoms with van der Waals surface area (Å²) in [5, 5.41) is 21.3. The van der Waals surface area contributed by atoms with E-state index in [2.05, 4.69) is 21.3 Å². The summed E-state index contributed by atoms with van der Waals surface area (Å²) >= 11 is 0. The number of hydrogen-bond donors (Lipinski definition) is 5. The molecule has 2 atom stereocenters. The minimum atomic E-state index is -1.30. The fourth-order valence-electron chi connectivity index (χ4n) is 6.40. The molecule has 0 aromatic heterocycles. The number of hydrogen-bond acceptors (Lipinski definition) is 15. The number of primary amides is 1. The summed E-state index contributed by atoms with van der Waals surface area (Å²) in [6, 6.07) is 11.2. The highest BCUT2D eigenvalue weighted by atomic mass is 16.7. The van der Waals surface area contributed by atoms with Crippen LogP contribution in [0.3, 0.4) is 0 Å². The minimum absolute atomic E-state index is 0.00875. The smallest absolute Gasteiger partial charge is 0.459 e. The van der Waals surface area contributed by atoms with E-state index in [0.29, 0.717) is 5.56 Å². The van der Waals surface area contributed by atoms with Gasteiger partial charge in [0.1, 0.15) is 42.2 Å². The lowest BCUT2D eigenvalue weighted by atomic mass is 10.0. The van der Waals surface area contributed by atoms with E-state index < -0.39 is 94.5 Å². The first-order valence-electron chi connectivity index (χ1n) is 21.8. The van der Waals surface area contributed by atoms with Gasteiger partial charge in [-0.2, -0.15) is 0 Å². The third-order valence-corrected chi connectivity index (χ3v) is 9.56. The summed E-state index contributed by atoms with van der Waals surface area (Å²) in [6.45, 7) is 11.9. The van der Waals surface area contributed by atoms with Crippen LogP contribution in [0.4, 0.5) is 37.1 Å². The zero-order valence-corrected chi connectivity index (χ0v) is 39.8. The predicted octanol–water partition coefficient (Wildman–Crippen LogP) is 5.15. The van der Waals surface area contributed by atoms with Crippen LogP contribution in [0, 0.1) is 16.0 Å². The molecule has 374 valence electrons. The van der Waals surface area contributed by atoms with E-state index in [1.54, 1.807) is 67.5 Å². The molecule has 1 aliphatic heterocycles. The minimum Gasteiger partial charge on any atom is -0.459 e. The molecule has 23 heteroatoms. The first kappa shape index (κ1) is 54.2. The maximum atomic E-state index is 14.1. The highest BCUT2D eigenvalue weighted by Crippen LogP contribution is 2.34. The molecule has 3 aromatic rings. The van der Waals surface area contributed by atoms with Crippen LogP contribution in [0.2, 0.25) is 0 Å². The van der Waals surface area contributed by atoms with E-state index in [1.807, 2.05) is 0 Å². The van der Waals surface area contributed by atoms with E-state index in [4.69, 9.17) is 24.7 Å². The highest BCUT2D eigenvalue weighted by Gasteiger charge is 2.36. The molecule has 1 aliphatic rings. The molecule has 70 heavy (non-hydrogen) atoms. The molecular weight excluding hydrogens is 917 g/mol. The molecule has 6 N–H and O–H groups in total. The number of nitro benzene ring substituents is 1. The van der Waals surface area contributed by atoms with Gasteiger partial charge in [0.25, 0.3) is 23.4 Å². The van der Waals surface area contributed by atoms with Crippen molar-refractivity contribution < 1.29 is 67.0 Å². The van der Waals surface area contributed by atoms with Crippen molar-refractivity contribution in [3.8, 4) is 5.75 Å². The number of nitrogens with one attached hydrogen (secondary N) is 4. The van der Waals surface area contributed by atoms with Gasteiger partial charge in [0.05, 0.1) is 16.3 Å². The van der Waals surface area contributed by atoms with Crippen LogP contribution in [0.1, 0.15) is 84.2 Å². The summed E-state index contributed by atoms with van der Waals surface area (Å²) in [5.41, 5.74) is 3.11. The summed E-state index contributed by atoms with van der Waals surface area (Å²) in [4.78, 5) is 130. The number of nitrogens with two attached hydrogens (primary N) is 1. The van der Waals surface area contributed by atoms with E-state index in [1.165, 1.54) is 36.4 Å². The Morgan fingerprint density at radius 3 is 1.99 bits per heavy atom. The molecule has 0 aliphatic carbocycles. The normalized spacial score (nSPS) is 13.1. The van der Waals surface area contributed by atoms with Gasteiger partial charge in [-0.1, -0.05) is 26.0 Å². The molecule has 0 saturated heterocycles. The van der Waals surface area contributed by atoms with Crippen LogP contribution < -0.4 is 41.5 Å². The number of non-ortho nitro benzene ring substituents is 1. The summed E-state index contributed by atoms with van der Waals surface area (Å²) in [6.07, 6.45) is 0.0393. The monoisotopic (exact) mass is 972 g/mol. The van der Waals surface area contributed by atoms with Crippen molar-refractivity contribution in [2.75, 3.05) is 28.2 Å². The number of imide groups is 1. The van der Waals surface area contributed by atoms with Gasteiger partial charge < -0.3 is 45.9 Å². The van der Waals surface area contributed by atoms with Gasteiger partial charge >= 0.3 is 24.2 Å². The Hall–Kier alpha value is -8.37. The number of nitrogens with zero attached hydrogens (tertiary/aromatic N) is 3. The number of nitro groups is 1. The number of esters is 1. The molecule has 0 fully saturated rings. The molecule has 0 spiro atoms. The van der Waals surface area contributed by atoms with Gasteiger partial charge in [0, 0.05) is 42.1 Å². The molecule has 23 nitrogen and oxygen atoms in total. The summed E-state index contributed by atoms with van der Waals surface area (Å²) < 4.78 is 21.2. The van der Waals surface area contributed by atoms with Gasteiger partial charge in [-0.15, -0.1) is 0 Å². The van der Waals surface area contributed by atoms with Gasteiger partial charge in [-0.3, -0.25) is 43.8 Å². The maximum Gasteiger partial charge on any atom is 0.514 e. The number of anilines is 3. The average molecular weight is 973 g/mol. The van der Waals surface area contributed by atoms with Crippen LogP contribution in [0.5, 0.6) is 5.75 Å². The number of carbonyl (C=O) groups is 9. The first-order chi connectivity index (χ1) is 32.7. The van der Waals surface area contributed by atoms with Crippen LogP contribution in [0.25, 0.3) is 0 Å². The van der Waals surface area contributed by atoms with Crippen LogP contribution in [0.15, 0.2) is 78.9 Å².